The molecule has 8 unspecified atom stereocenters. The second-order valence-corrected chi connectivity index (χ2v) is 35.8. The standard InChI is InChI=1S/C22H23F3N8OS.C20H22BrN9.C20H21BrN8.C19H20BrN9/c1-35(2,34)31-16-7-15(14-3-5-26-8-14)11-32(12-16)19-4-6-27-21(30-19)17-9-29-20-10-28-18(13-33(17)20)22(23,24)25;1-3-28-6-7-29(19(13(28)2)14-8-25-26-9-14)17-4-5-22-20(27-17)15-10-24-18-11-23-16(21)12-30(15)18;1-13-19(14-3-5-22-9-14)27(2)7-8-28(13)17-4-6-23-20(26-17)15-10-25-18-11-24-16(21)12-29(15)18;1-12-18(13-7-24-25-8-13)28(6-5-27(12)2)16-3-4-21-19(26-16)14-9-23-17-10-22-15(20)11-29(14)17/h3-4,6,8-10,13,15-16H,5,7,11-12H2,1-2H3;4-5,8-13,19H,3,6-7H2,1-2H3,(H,25,26);3-4,6,9-13,19H,5,7-8H2,1-2H3;3-4,7-12,18H,5-6H2,1-2H3,(H,24,25). The van der Waals surface area contributed by atoms with Crippen LogP contribution in [0.1, 0.15) is 63.0 Å². The van der Waals surface area contributed by atoms with Crippen molar-refractivity contribution in [3.8, 4) is 46.1 Å². The highest BCUT2D eigenvalue weighted by Crippen LogP contribution is 2.39. The van der Waals surface area contributed by atoms with Gasteiger partial charge in [-0.05, 0) is 131 Å². The lowest BCUT2D eigenvalue weighted by atomic mass is 9.88. The van der Waals surface area contributed by atoms with E-state index in [1.807, 2.05) is 106 Å². The Morgan fingerprint density at radius 2 is 0.911 bits per heavy atom. The van der Waals surface area contributed by atoms with E-state index in [1.165, 1.54) is 16.2 Å². The van der Waals surface area contributed by atoms with Crippen molar-refractivity contribution in [1.29, 1.82) is 0 Å². The predicted octanol–water partition coefficient (Wildman–Crippen LogP) is 11.1. The summed E-state index contributed by atoms with van der Waals surface area (Å²) in [6, 6.07) is 9.04. The van der Waals surface area contributed by atoms with Gasteiger partial charge in [-0.3, -0.25) is 56.7 Å². The van der Waals surface area contributed by atoms with Crippen molar-refractivity contribution in [2.45, 2.75) is 82.6 Å². The summed E-state index contributed by atoms with van der Waals surface area (Å²) >= 11 is 10.3. The van der Waals surface area contributed by atoms with E-state index in [0.717, 1.165) is 153 Å². The molecule has 0 radical (unpaired) electrons. The van der Waals surface area contributed by atoms with Crippen LogP contribution in [0.5, 0.6) is 0 Å². The number of rotatable bonds is 14. The Bertz CT molecular complexity index is 6380. The molecule has 2 N–H and O–H groups in total. The molecule has 14 aromatic heterocycles. The quantitative estimate of drug-likeness (QED) is 0.102. The fourth-order valence-corrected chi connectivity index (χ4v) is 18.7. The second-order valence-electron chi connectivity index (χ2n) is 30.8. The predicted molar refractivity (Wildman–Crippen MR) is 473 cm³/mol. The van der Waals surface area contributed by atoms with E-state index >= 15 is 0 Å². The van der Waals surface area contributed by atoms with Crippen molar-refractivity contribution in [1.82, 2.24) is 132 Å². The Kier molecular flexibility index (Phi) is 24.2. The number of likely N-dealkylation sites (N-methyl/N-ethyl adjacent to an activating group) is 3. The van der Waals surface area contributed by atoms with Crippen LogP contribution in [0, 0.1) is 5.92 Å². The number of halogens is 6. The molecule has 0 saturated carbocycles. The summed E-state index contributed by atoms with van der Waals surface area (Å²) in [6.07, 6.45) is 41.9. The first-order valence-corrected chi connectivity index (χ1v) is 44.6. The lowest BCUT2D eigenvalue weighted by Crippen LogP contribution is -2.58. The van der Waals surface area contributed by atoms with Crippen LogP contribution >= 0.6 is 47.8 Å². The summed E-state index contributed by atoms with van der Waals surface area (Å²) in [5.41, 5.74) is 9.03. The highest BCUT2D eigenvalue weighted by Gasteiger charge is 2.40. The Hall–Kier alpha value is -11.7. The lowest BCUT2D eigenvalue weighted by Gasteiger charge is -2.46. The van der Waals surface area contributed by atoms with Crippen LogP contribution in [-0.2, 0) is 15.9 Å². The fourth-order valence-electron chi connectivity index (χ4n) is 16.9. The topological polar surface area (TPSA) is 358 Å². The van der Waals surface area contributed by atoms with Crippen molar-refractivity contribution in [2.24, 2.45) is 20.3 Å². The summed E-state index contributed by atoms with van der Waals surface area (Å²) < 4.78 is 65.9. The van der Waals surface area contributed by atoms with E-state index in [-0.39, 0.29) is 41.6 Å². The number of hydrogen-bond donors (Lipinski definition) is 2. The number of alkyl halides is 3. The summed E-state index contributed by atoms with van der Waals surface area (Å²) in [7, 11) is 2.03. The molecule has 6 aliphatic heterocycles. The van der Waals surface area contributed by atoms with Gasteiger partial charge in [0.1, 0.15) is 59.9 Å². The molecular weight excluding hydrogens is 1790 g/mol. The van der Waals surface area contributed by atoms with Gasteiger partial charge in [-0.25, -0.2) is 84.1 Å². The average molecular weight is 1880 g/mol. The van der Waals surface area contributed by atoms with Gasteiger partial charge in [-0.1, -0.05) is 19.1 Å². The second kappa shape index (κ2) is 35.6. The number of nitrogens with one attached hydrogen (secondary N) is 2. The number of nitrogens with zero attached hydrogens (tertiary/aromatic N) is 32. The molecule has 0 amide bonds. The SMILES string of the molecule is CC1C(C2=CCN=C2)N(C)CCN1c1ccnc(-c2cnc3cnc(Br)cn23)n1.CC1C(c2cn[nH]c2)N(c2ccnc(-c3cnc4cnc(Br)cn34)n2)CCN1C.CCN1CCN(c2ccnc(-c3cnc4cnc(Br)cn34)n2)C(c2cn[nH]c2)C1C.CS(C)(=O)=NC1CC(C2=CCN=C2)CN(c2ccnc(-c3cnc4cnc(C(F)(F)F)cn34)n2)C1. The minimum atomic E-state index is -4.59. The van der Waals surface area contributed by atoms with E-state index in [4.69, 9.17) is 15.0 Å². The number of imidazole rings is 4. The summed E-state index contributed by atoms with van der Waals surface area (Å²) in [4.78, 5) is 95.9. The zero-order valence-electron chi connectivity index (χ0n) is 68.2. The van der Waals surface area contributed by atoms with Gasteiger partial charge in [0.05, 0.1) is 99.2 Å². The first-order chi connectivity index (χ1) is 59.4. The van der Waals surface area contributed by atoms with Gasteiger partial charge in [0.25, 0.3) is 0 Å². The number of hydrogen-bond acceptors (Lipinski definition) is 29. The summed E-state index contributed by atoms with van der Waals surface area (Å²) in [5, 5.41) is 14.3. The van der Waals surface area contributed by atoms with Crippen molar-refractivity contribution in [3.05, 3.63) is 202 Å². The van der Waals surface area contributed by atoms with E-state index < -0.39 is 21.6 Å². The molecule has 4 fully saturated rings. The molecule has 0 aromatic carbocycles. The van der Waals surface area contributed by atoms with Crippen LogP contribution in [0.4, 0.5) is 36.4 Å². The Morgan fingerprint density at radius 1 is 0.480 bits per heavy atom. The number of piperidine rings is 1. The Labute approximate surface area is 730 Å². The number of H-pyrrole nitrogens is 2. The lowest BCUT2D eigenvalue weighted by molar-refractivity contribution is -0.141. The zero-order chi connectivity index (χ0) is 85.4. The third kappa shape index (κ3) is 18.0. The average Bonchev–Trinajstić information content (AvgIpc) is 1.07. The minimum Gasteiger partial charge on any atom is -0.354 e. The zero-order valence-corrected chi connectivity index (χ0v) is 73.7. The highest BCUT2D eigenvalue weighted by atomic mass is 79.9. The fraction of sp³-hybridized carbons (Fsp3) is 0.358. The first-order valence-electron chi connectivity index (χ1n) is 39.9. The maximum Gasteiger partial charge on any atom is 0.434 e. The van der Waals surface area contributed by atoms with Crippen molar-refractivity contribution in [3.63, 3.8) is 0 Å². The normalized spacial score (nSPS) is 21.0. The molecule has 0 spiro atoms. The molecule has 123 heavy (non-hydrogen) atoms. The number of aromatic amines is 2. The molecule has 8 atom stereocenters. The molecule has 634 valence electrons. The number of aliphatic imine (C=N–C) groups is 2. The monoisotopic (exact) mass is 1880 g/mol. The van der Waals surface area contributed by atoms with Crippen molar-refractivity contribution >= 4 is 116 Å². The van der Waals surface area contributed by atoms with Crippen LogP contribution in [0.2, 0.25) is 0 Å². The molecule has 0 bridgehead atoms. The van der Waals surface area contributed by atoms with Gasteiger partial charge in [-0.15, -0.1) is 0 Å². The van der Waals surface area contributed by atoms with Crippen LogP contribution in [0.25, 0.3) is 68.7 Å². The van der Waals surface area contributed by atoms with E-state index in [1.54, 1.807) is 62.0 Å². The third-order valence-corrected chi connectivity index (χ3v) is 24.9. The van der Waals surface area contributed by atoms with Gasteiger partial charge < -0.3 is 19.6 Å². The molecule has 42 heteroatoms. The minimum absolute atomic E-state index is 0.139. The summed E-state index contributed by atoms with van der Waals surface area (Å²) in [5.74, 6) is 5.62. The van der Waals surface area contributed by atoms with E-state index in [2.05, 4.69) is 236 Å². The largest absolute Gasteiger partial charge is 0.434 e. The number of aromatic nitrogens is 24. The molecule has 14 aromatic rings. The molecular formula is C81H86Br3F3N34OS. The van der Waals surface area contributed by atoms with Gasteiger partial charge in [-0.2, -0.15) is 23.4 Å². The van der Waals surface area contributed by atoms with Gasteiger partial charge in [0, 0.05) is 184 Å². The molecule has 4 saturated heterocycles. The number of piperazine rings is 3. The molecule has 35 nitrogen and oxygen atoms in total. The Morgan fingerprint density at radius 3 is 1.37 bits per heavy atom. The summed E-state index contributed by atoms with van der Waals surface area (Å²) in [6.45, 7) is 18.2. The van der Waals surface area contributed by atoms with E-state index in [0.29, 0.717) is 66.7 Å². The van der Waals surface area contributed by atoms with Crippen LogP contribution in [0.3, 0.4) is 0 Å². The van der Waals surface area contributed by atoms with Crippen LogP contribution in [-0.4, -0.2) is 278 Å². The van der Waals surface area contributed by atoms with Crippen molar-refractivity contribution < 1.29 is 17.4 Å². The molecule has 20 rings (SSSR count). The maximum absolute atomic E-state index is 13.2. The molecule has 6 aliphatic rings. The number of anilines is 4. The van der Waals surface area contributed by atoms with Crippen molar-refractivity contribution in [2.75, 3.05) is 118 Å². The van der Waals surface area contributed by atoms with Crippen LogP contribution < -0.4 is 19.6 Å². The third-order valence-electron chi connectivity index (χ3n) is 22.9. The van der Waals surface area contributed by atoms with Crippen LogP contribution in [0.15, 0.2) is 200 Å². The first kappa shape index (κ1) is 83.6. The highest BCUT2D eigenvalue weighted by molar-refractivity contribution is 9.11. The maximum atomic E-state index is 13.2. The van der Waals surface area contributed by atoms with Gasteiger partial charge in [0.15, 0.2) is 51.6 Å². The van der Waals surface area contributed by atoms with E-state index in [9.17, 15) is 17.4 Å². The van der Waals surface area contributed by atoms with Gasteiger partial charge in [0.2, 0.25) is 0 Å². The molecule has 20 heterocycles. The van der Waals surface area contributed by atoms with Gasteiger partial charge >= 0.3 is 6.18 Å². The molecule has 0 aliphatic carbocycles. The number of fused-ring (bicyclic) bond motifs is 4. The smallest absolute Gasteiger partial charge is 0.354 e. The Balaban J connectivity index is 0.000000117.